The zero-order chi connectivity index (χ0) is 23.6. The van der Waals surface area contributed by atoms with Crippen LogP contribution in [0.25, 0.3) is 11.4 Å². The van der Waals surface area contributed by atoms with Crippen LogP contribution < -0.4 is 5.32 Å². The van der Waals surface area contributed by atoms with Crippen molar-refractivity contribution >= 4 is 5.91 Å². The number of hydrogen-bond donors (Lipinski definition) is 1. The molecule has 0 aliphatic carbocycles. The molecule has 3 saturated heterocycles. The minimum absolute atomic E-state index is 0.134. The van der Waals surface area contributed by atoms with Gasteiger partial charge in [0.25, 0.3) is 0 Å². The van der Waals surface area contributed by atoms with E-state index in [4.69, 9.17) is 9.97 Å². The Balaban J connectivity index is 1.57. The lowest BCUT2D eigenvalue weighted by Gasteiger charge is -2.50. The molecule has 0 radical (unpaired) electrons. The first-order valence-corrected chi connectivity index (χ1v) is 12.6. The van der Waals surface area contributed by atoms with Crippen LogP contribution in [0.15, 0.2) is 30.6 Å². The Kier molecular flexibility index (Phi) is 7.13. The van der Waals surface area contributed by atoms with Gasteiger partial charge < -0.3 is 5.32 Å². The van der Waals surface area contributed by atoms with Crippen molar-refractivity contribution in [1.82, 2.24) is 25.2 Å². The molecule has 2 aromatic heterocycles. The zero-order valence-electron chi connectivity index (χ0n) is 20.8. The molecule has 5 heterocycles. The zero-order valence-corrected chi connectivity index (χ0v) is 20.8. The second-order valence-corrected chi connectivity index (χ2v) is 10.8. The van der Waals surface area contributed by atoms with Gasteiger partial charge in [-0.3, -0.25) is 14.7 Å². The van der Waals surface area contributed by atoms with Crippen LogP contribution in [0.3, 0.4) is 0 Å². The highest BCUT2D eigenvalue weighted by atomic mass is 16.2. The number of nitrogens with one attached hydrogen (secondary N) is 1. The van der Waals surface area contributed by atoms with Crippen molar-refractivity contribution in [2.45, 2.75) is 78.2 Å². The molecule has 3 fully saturated rings. The SMILES string of the molecule is CCC(CC)c1cc(C2CN3CCC2CC3CNC(=O)C(C)(C)C)nc(-c2ccncc2)n1. The molecule has 3 aliphatic rings. The number of amides is 1. The molecule has 178 valence electrons. The summed E-state index contributed by atoms with van der Waals surface area (Å²) in [5, 5.41) is 3.19. The van der Waals surface area contributed by atoms with Gasteiger partial charge in [0.15, 0.2) is 5.82 Å². The van der Waals surface area contributed by atoms with Crippen LogP contribution in [0.2, 0.25) is 0 Å². The van der Waals surface area contributed by atoms with Gasteiger partial charge in [0, 0.05) is 65.7 Å². The summed E-state index contributed by atoms with van der Waals surface area (Å²) in [5.74, 6) is 2.43. The number of rotatable bonds is 7. The van der Waals surface area contributed by atoms with E-state index < -0.39 is 0 Å². The minimum Gasteiger partial charge on any atom is -0.354 e. The summed E-state index contributed by atoms with van der Waals surface area (Å²) in [6, 6.07) is 6.71. The molecule has 3 aliphatic heterocycles. The van der Waals surface area contributed by atoms with Gasteiger partial charge >= 0.3 is 0 Å². The summed E-state index contributed by atoms with van der Waals surface area (Å²) in [6.45, 7) is 13.3. The highest BCUT2D eigenvalue weighted by Gasteiger charge is 2.42. The van der Waals surface area contributed by atoms with Crippen LogP contribution in [0.5, 0.6) is 0 Å². The molecule has 2 aromatic rings. The fourth-order valence-electron chi connectivity index (χ4n) is 5.38. The molecular formula is C27H39N5O. The summed E-state index contributed by atoms with van der Waals surface area (Å²) < 4.78 is 0. The molecule has 0 aromatic carbocycles. The maximum absolute atomic E-state index is 12.4. The third kappa shape index (κ3) is 5.26. The number of piperidine rings is 3. The third-order valence-electron chi connectivity index (χ3n) is 7.55. The van der Waals surface area contributed by atoms with Gasteiger partial charge in [-0.25, -0.2) is 9.97 Å². The van der Waals surface area contributed by atoms with Crippen LogP contribution in [-0.4, -0.2) is 51.4 Å². The average Bonchev–Trinajstić information content (AvgIpc) is 2.83. The normalized spacial score (nSPS) is 24.8. The van der Waals surface area contributed by atoms with Crippen LogP contribution in [-0.2, 0) is 4.79 Å². The maximum Gasteiger partial charge on any atom is 0.225 e. The number of fused-ring (bicyclic) bond motifs is 3. The third-order valence-corrected chi connectivity index (χ3v) is 7.55. The topological polar surface area (TPSA) is 71.0 Å². The Labute approximate surface area is 198 Å². The van der Waals surface area contributed by atoms with E-state index in [0.717, 1.165) is 50.3 Å². The van der Waals surface area contributed by atoms with Crippen molar-refractivity contribution in [1.29, 1.82) is 0 Å². The summed E-state index contributed by atoms with van der Waals surface area (Å²) in [6.07, 6.45) is 8.10. The van der Waals surface area contributed by atoms with Gasteiger partial charge in [-0.05, 0) is 56.3 Å². The van der Waals surface area contributed by atoms with Crippen molar-refractivity contribution < 1.29 is 4.79 Å². The average molecular weight is 450 g/mol. The molecule has 0 saturated carbocycles. The molecule has 0 spiro atoms. The summed E-state index contributed by atoms with van der Waals surface area (Å²) in [7, 11) is 0. The first-order chi connectivity index (χ1) is 15.8. The van der Waals surface area contributed by atoms with Crippen molar-refractivity contribution in [3.05, 3.63) is 42.0 Å². The van der Waals surface area contributed by atoms with Gasteiger partial charge in [0.1, 0.15) is 0 Å². The van der Waals surface area contributed by atoms with Gasteiger partial charge in [-0.2, -0.15) is 0 Å². The quantitative estimate of drug-likeness (QED) is 0.658. The van der Waals surface area contributed by atoms with E-state index in [1.807, 2.05) is 45.3 Å². The smallest absolute Gasteiger partial charge is 0.225 e. The fraction of sp³-hybridized carbons (Fsp3) is 0.630. The number of aromatic nitrogens is 3. The van der Waals surface area contributed by atoms with E-state index in [1.54, 1.807) is 0 Å². The van der Waals surface area contributed by atoms with E-state index in [0.29, 0.717) is 23.8 Å². The highest BCUT2D eigenvalue weighted by molar-refractivity contribution is 5.81. The van der Waals surface area contributed by atoms with Gasteiger partial charge in [-0.15, -0.1) is 0 Å². The predicted molar refractivity (Wildman–Crippen MR) is 132 cm³/mol. The van der Waals surface area contributed by atoms with Crippen LogP contribution in [0.1, 0.15) is 83.5 Å². The first kappa shape index (κ1) is 23.8. The Bertz CT molecular complexity index is 951. The van der Waals surface area contributed by atoms with Crippen molar-refractivity contribution in [3.63, 3.8) is 0 Å². The number of hydrogen-bond acceptors (Lipinski definition) is 5. The first-order valence-electron chi connectivity index (χ1n) is 12.6. The molecule has 4 atom stereocenters. The van der Waals surface area contributed by atoms with E-state index in [2.05, 4.69) is 35.1 Å². The maximum atomic E-state index is 12.4. The molecule has 2 bridgehead atoms. The summed E-state index contributed by atoms with van der Waals surface area (Å²) in [5.41, 5.74) is 3.04. The Hall–Kier alpha value is -2.34. The summed E-state index contributed by atoms with van der Waals surface area (Å²) >= 11 is 0. The second-order valence-electron chi connectivity index (χ2n) is 10.8. The fourth-order valence-corrected chi connectivity index (χ4v) is 5.38. The minimum atomic E-state index is -0.346. The molecule has 4 unspecified atom stereocenters. The predicted octanol–water partition coefficient (Wildman–Crippen LogP) is 4.78. The molecule has 1 N–H and O–H groups in total. The van der Waals surface area contributed by atoms with Crippen molar-refractivity contribution in [3.8, 4) is 11.4 Å². The Morgan fingerprint density at radius 2 is 1.91 bits per heavy atom. The van der Waals surface area contributed by atoms with Crippen LogP contribution in [0, 0.1) is 11.3 Å². The molecule has 6 nitrogen and oxygen atoms in total. The largest absolute Gasteiger partial charge is 0.354 e. The van der Waals surface area contributed by atoms with Crippen LogP contribution in [0.4, 0.5) is 0 Å². The monoisotopic (exact) mass is 449 g/mol. The lowest BCUT2D eigenvalue weighted by molar-refractivity contribution is -0.129. The van der Waals surface area contributed by atoms with Gasteiger partial charge in [-0.1, -0.05) is 34.6 Å². The van der Waals surface area contributed by atoms with Crippen LogP contribution >= 0.6 is 0 Å². The van der Waals surface area contributed by atoms with Gasteiger partial charge in [0.05, 0.1) is 0 Å². The standard InChI is InChI=1S/C27H39N5O/c1-6-18(7-2)23-15-24(31-25(30-23)19-8-11-28-12-9-19)22-17-32-13-10-20(22)14-21(32)16-29-26(33)27(3,4)5/h8-9,11-12,15,18,20-22H,6-7,10,13-14,16-17H2,1-5H3,(H,29,33). The van der Waals surface area contributed by atoms with E-state index in [1.165, 1.54) is 17.8 Å². The second kappa shape index (κ2) is 9.88. The number of pyridine rings is 1. The van der Waals surface area contributed by atoms with Crippen molar-refractivity contribution in [2.75, 3.05) is 19.6 Å². The molecule has 33 heavy (non-hydrogen) atoms. The number of nitrogens with zero attached hydrogens (tertiary/aromatic N) is 4. The van der Waals surface area contributed by atoms with E-state index in [-0.39, 0.29) is 11.3 Å². The molecule has 1 amide bonds. The molecule has 5 rings (SSSR count). The lowest BCUT2D eigenvalue weighted by atomic mass is 9.73. The highest BCUT2D eigenvalue weighted by Crippen LogP contribution is 2.42. The summed E-state index contributed by atoms with van der Waals surface area (Å²) in [4.78, 5) is 29.2. The molecular weight excluding hydrogens is 410 g/mol. The number of carbonyl (C=O) groups is 1. The van der Waals surface area contributed by atoms with E-state index >= 15 is 0 Å². The number of carbonyl (C=O) groups excluding carboxylic acids is 1. The Morgan fingerprint density at radius 3 is 2.52 bits per heavy atom. The van der Waals surface area contributed by atoms with Crippen molar-refractivity contribution in [2.24, 2.45) is 11.3 Å². The van der Waals surface area contributed by atoms with E-state index in [9.17, 15) is 4.79 Å². The Morgan fingerprint density at radius 1 is 1.18 bits per heavy atom. The van der Waals surface area contributed by atoms with Gasteiger partial charge in [0.2, 0.25) is 5.91 Å². The lowest BCUT2D eigenvalue weighted by Crippen LogP contribution is -2.56. The molecule has 6 heteroatoms.